The number of phenolic OH excluding ortho intramolecular Hbond substituents is 1. The van der Waals surface area contributed by atoms with Gasteiger partial charge < -0.3 is 35.9 Å². The highest BCUT2D eigenvalue weighted by atomic mass is 16.4. The Morgan fingerprint density at radius 2 is 1.86 bits per heavy atom. The number of benzene rings is 1. The van der Waals surface area contributed by atoms with E-state index in [4.69, 9.17) is 10.2 Å². The van der Waals surface area contributed by atoms with Crippen molar-refractivity contribution < 1.29 is 39.2 Å². The summed E-state index contributed by atoms with van der Waals surface area (Å²) in [6, 6.07) is 7.26. The minimum Gasteiger partial charge on any atom is -0.508 e. The molecule has 3 atom stereocenters. The van der Waals surface area contributed by atoms with Crippen LogP contribution >= 0.6 is 0 Å². The monoisotopic (exact) mass is 506 g/mol. The number of nitrogens with one attached hydrogen (secondary N) is 1. The molecule has 6 rings (SSSR count). The van der Waals surface area contributed by atoms with Crippen LogP contribution < -0.4 is 11.1 Å². The van der Waals surface area contributed by atoms with Crippen molar-refractivity contribution in [3.05, 3.63) is 58.1 Å². The fourth-order valence-electron chi connectivity index (χ4n) is 6.00. The Morgan fingerprint density at radius 1 is 1.11 bits per heavy atom. The molecule has 2 aromatic rings. The van der Waals surface area contributed by atoms with Crippen molar-refractivity contribution in [1.29, 1.82) is 0 Å². The number of furan rings is 1. The second kappa shape index (κ2) is 8.06. The van der Waals surface area contributed by atoms with E-state index in [2.05, 4.69) is 5.32 Å². The minimum atomic E-state index is -2.58. The van der Waals surface area contributed by atoms with Crippen LogP contribution in [0.25, 0.3) is 17.1 Å². The van der Waals surface area contributed by atoms with Crippen LogP contribution in [-0.4, -0.2) is 49.5 Å². The first-order valence-corrected chi connectivity index (χ1v) is 12.3. The summed E-state index contributed by atoms with van der Waals surface area (Å²) in [5, 5.41) is 47.3. The third kappa shape index (κ3) is 3.43. The van der Waals surface area contributed by atoms with Crippen LogP contribution in [0.2, 0.25) is 0 Å². The number of carbonyl (C=O) groups is 3. The van der Waals surface area contributed by atoms with Gasteiger partial charge in [-0.05, 0) is 61.4 Å². The van der Waals surface area contributed by atoms with Gasteiger partial charge in [-0.2, -0.15) is 0 Å². The van der Waals surface area contributed by atoms with Crippen LogP contribution in [0.15, 0.2) is 45.6 Å². The molecular formula is C27H26N2O8. The quantitative estimate of drug-likeness (QED) is 0.330. The normalized spacial score (nSPS) is 27.2. The Balaban J connectivity index is 1.44. The number of carbonyl (C=O) groups excluding carboxylic acids is 3. The summed E-state index contributed by atoms with van der Waals surface area (Å²) < 4.78 is 6.03. The molecule has 2 saturated carbocycles. The lowest BCUT2D eigenvalue weighted by Gasteiger charge is -2.46. The van der Waals surface area contributed by atoms with Gasteiger partial charge >= 0.3 is 0 Å². The molecule has 1 aromatic carbocycles. The van der Waals surface area contributed by atoms with Crippen LogP contribution in [0.1, 0.15) is 42.6 Å². The van der Waals surface area contributed by atoms with Gasteiger partial charge in [0.2, 0.25) is 5.78 Å². The van der Waals surface area contributed by atoms with Crippen molar-refractivity contribution in [2.45, 2.75) is 50.3 Å². The third-order valence-corrected chi connectivity index (χ3v) is 8.02. The zero-order chi connectivity index (χ0) is 26.2. The third-order valence-electron chi connectivity index (χ3n) is 8.02. The molecule has 4 aliphatic rings. The number of hydrogen-bond donors (Lipinski definition) is 6. The fraction of sp³-hybridized carbons (Fsp3) is 0.370. The summed E-state index contributed by atoms with van der Waals surface area (Å²) in [6.45, 7) is 0.579. The second-order valence-corrected chi connectivity index (χ2v) is 10.3. The van der Waals surface area contributed by atoms with E-state index in [1.165, 1.54) is 6.07 Å². The van der Waals surface area contributed by atoms with Gasteiger partial charge in [-0.25, -0.2) is 0 Å². The number of Topliss-reactive ketones (excluding diaryl/α,β-unsaturated/α-hetero) is 2. The van der Waals surface area contributed by atoms with E-state index >= 15 is 0 Å². The summed E-state index contributed by atoms with van der Waals surface area (Å²) in [5.74, 6) is -5.21. The average molecular weight is 507 g/mol. The van der Waals surface area contributed by atoms with E-state index in [9.17, 15) is 34.8 Å². The molecule has 0 saturated heterocycles. The maximum atomic E-state index is 13.6. The smallest absolute Gasteiger partial charge is 0.255 e. The van der Waals surface area contributed by atoms with Gasteiger partial charge in [0, 0.05) is 29.5 Å². The van der Waals surface area contributed by atoms with Gasteiger partial charge in [0.1, 0.15) is 34.4 Å². The van der Waals surface area contributed by atoms with E-state index in [0.717, 1.165) is 18.6 Å². The van der Waals surface area contributed by atoms with Crippen molar-refractivity contribution in [2.75, 3.05) is 0 Å². The number of amides is 1. The number of aromatic hydroxyl groups is 1. The maximum absolute atomic E-state index is 13.6. The van der Waals surface area contributed by atoms with Crippen LogP contribution in [0.5, 0.6) is 5.75 Å². The summed E-state index contributed by atoms with van der Waals surface area (Å²) >= 11 is 0. The number of nitrogens with two attached hydrogens (primary N) is 1. The number of rotatable bonds is 5. The summed E-state index contributed by atoms with van der Waals surface area (Å²) in [5.41, 5.74) is 2.92. The van der Waals surface area contributed by atoms with Gasteiger partial charge in [0.25, 0.3) is 5.91 Å². The fourth-order valence-corrected chi connectivity index (χ4v) is 6.00. The van der Waals surface area contributed by atoms with Crippen molar-refractivity contribution >= 4 is 23.2 Å². The van der Waals surface area contributed by atoms with Crippen molar-refractivity contribution in [2.24, 2.45) is 17.6 Å². The van der Waals surface area contributed by atoms with Crippen LogP contribution in [0.3, 0.4) is 0 Å². The van der Waals surface area contributed by atoms with Crippen molar-refractivity contribution in [1.82, 2.24) is 5.32 Å². The predicted molar refractivity (Wildman–Crippen MR) is 129 cm³/mol. The Kier molecular flexibility index (Phi) is 5.12. The topological polar surface area (TPSA) is 183 Å². The van der Waals surface area contributed by atoms with E-state index in [1.54, 1.807) is 6.07 Å². The first-order chi connectivity index (χ1) is 17.6. The summed E-state index contributed by atoms with van der Waals surface area (Å²) in [4.78, 5) is 37.9. The standard InChI is InChI=1S/C27H26N2O8/c28-26(35)22-18(31)9-12-7-11-8-16-15(19-6-3-14(37-19)10-29-13-1-2-13)4-5-17(30)21(16)23(32)20(11)24(33)27(12,36)25(22)34/h3-6,11-13,29-30,32,34,36H,1-2,7-10H2,(H2,28,35). The van der Waals surface area contributed by atoms with E-state index < -0.39 is 52.0 Å². The van der Waals surface area contributed by atoms with Gasteiger partial charge in [-0.1, -0.05) is 0 Å². The maximum Gasteiger partial charge on any atom is 0.255 e. The van der Waals surface area contributed by atoms with Crippen LogP contribution in [0, 0.1) is 11.8 Å². The Bertz CT molecular complexity index is 1450. The zero-order valence-corrected chi connectivity index (χ0v) is 19.8. The molecule has 4 aliphatic carbocycles. The number of hydrogen-bond acceptors (Lipinski definition) is 9. The molecule has 1 aromatic heterocycles. The molecule has 2 fully saturated rings. The highest BCUT2D eigenvalue weighted by Gasteiger charge is 2.60. The Labute approximate surface area is 211 Å². The molecule has 0 aliphatic heterocycles. The SMILES string of the molecule is NC(=O)C1=C(O)C2(O)C(=O)C3=C(O)c4c(O)ccc(-c5ccc(CNC6CC6)o5)c4CC3CC2CC1=O. The average Bonchev–Trinajstić information content (AvgIpc) is 3.56. The number of primary amides is 1. The zero-order valence-electron chi connectivity index (χ0n) is 19.8. The molecule has 10 nitrogen and oxygen atoms in total. The van der Waals surface area contributed by atoms with Crippen molar-refractivity contribution in [3.8, 4) is 17.1 Å². The molecule has 1 amide bonds. The molecule has 10 heteroatoms. The van der Waals surface area contributed by atoms with Crippen molar-refractivity contribution in [3.63, 3.8) is 0 Å². The lowest BCUT2D eigenvalue weighted by atomic mass is 9.59. The molecule has 0 spiro atoms. The van der Waals surface area contributed by atoms with Gasteiger partial charge in [-0.3, -0.25) is 14.4 Å². The number of aliphatic hydroxyl groups excluding tert-OH is 2. The highest BCUT2D eigenvalue weighted by molar-refractivity contribution is 6.22. The highest BCUT2D eigenvalue weighted by Crippen LogP contribution is 2.53. The van der Waals surface area contributed by atoms with Gasteiger partial charge in [0.15, 0.2) is 11.4 Å². The van der Waals surface area contributed by atoms with E-state index in [0.29, 0.717) is 29.5 Å². The number of phenols is 1. The summed E-state index contributed by atoms with van der Waals surface area (Å²) in [7, 11) is 0. The lowest BCUT2D eigenvalue weighted by Crippen LogP contribution is -2.58. The predicted octanol–water partition coefficient (Wildman–Crippen LogP) is 1.94. The molecular weight excluding hydrogens is 480 g/mol. The van der Waals surface area contributed by atoms with Crippen LogP contribution in [0.4, 0.5) is 0 Å². The molecule has 1 heterocycles. The number of fused-ring (bicyclic) bond motifs is 3. The van der Waals surface area contributed by atoms with Gasteiger partial charge in [-0.15, -0.1) is 0 Å². The molecule has 0 radical (unpaired) electrons. The van der Waals surface area contributed by atoms with Crippen LogP contribution in [-0.2, 0) is 27.3 Å². The molecule has 192 valence electrons. The lowest BCUT2D eigenvalue weighted by molar-refractivity contribution is -0.147. The number of aliphatic hydroxyl groups is 3. The minimum absolute atomic E-state index is 0.0404. The second-order valence-electron chi connectivity index (χ2n) is 10.3. The molecule has 7 N–H and O–H groups in total. The molecule has 3 unspecified atom stereocenters. The molecule has 0 bridgehead atoms. The largest absolute Gasteiger partial charge is 0.508 e. The Hall–Kier alpha value is -3.89. The number of ketones is 2. The van der Waals surface area contributed by atoms with E-state index in [1.807, 2.05) is 12.1 Å². The first kappa shape index (κ1) is 23.5. The summed E-state index contributed by atoms with van der Waals surface area (Å²) in [6.07, 6.45) is 2.23. The molecule has 37 heavy (non-hydrogen) atoms. The van der Waals surface area contributed by atoms with Gasteiger partial charge in [0.05, 0.1) is 12.1 Å². The Morgan fingerprint density at radius 3 is 2.57 bits per heavy atom. The first-order valence-electron chi connectivity index (χ1n) is 12.3. The van der Waals surface area contributed by atoms with E-state index in [-0.39, 0.29) is 36.1 Å².